The zero-order valence-electron chi connectivity index (χ0n) is 38.0. The number of nitro benzene ring substituents is 1. The number of hydrogen-bond acceptors (Lipinski definition) is 12. The van der Waals surface area contributed by atoms with E-state index >= 15 is 0 Å². The summed E-state index contributed by atoms with van der Waals surface area (Å²) >= 11 is 1.29. The van der Waals surface area contributed by atoms with Gasteiger partial charge in [0, 0.05) is 60.5 Å². The average Bonchev–Trinajstić information content (AvgIpc) is 3.94. The molecule has 2 aromatic heterocycles. The minimum Gasteiger partial charge on any atom is -0.491 e. The molecule has 3 N–H and O–H groups in total. The number of aliphatic hydroxyl groups is 1. The number of benzene rings is 3. The molecule has 67 heavy (non-hydrogen) atoms. The van der Waals surface area contributed by atoms with Crippen LogP contribution in [0.15, 0.2) is 82.8 Å². The predicted octanol–water partition coefficient (Wildman–Crippen LogP) is 10.0. The predicted molar refractivity (Wildman–Crippen MR) is 254 cm³/mol. The lowest BCUT2D eigenvalue weighted by atomic mass is 9.59. The minimum atomic E-state index is -4.69. The van der Waals surface area contributed by atoms with E-state index in [1.807, 2.05) is 6.92 Å². The molecule has 3 aliphatic heterocycles. The van der Waals surface area contributed by atoms with Gasteiger partial charge < -0.3 is 24.5 Å². The number of nitrogens with zero attached hydrogens (tertiary/aromatic N) is 4. The molecule has 5 heterocycles. The van der Waals surface area contributed by atoms with Crippen LogP contribution in [0.3, 0.4) is 0 Å². The van der Waals surface area contributed by atoms with Crippen LogP contribution in [0.4, 0.5) is 15.8 Å². The van der Waals surface area contributed by atoms with Crippen molar-refractivity contribution in [2.45, 2.75) is 124 Å². The molecule has 17 heteroatoms. The molecule has 5 aromatic rings. The topological polar surface area (TPSA) is 180 Å². The number of likely N-dealkylation sites (tertiary alicyclic amines) is 1. The maximum atomic E-state index is 14.7. The molecule has 2 atom stereocenters. The molecule has 3 aromatic carbocycles. The number of amides is 1. The molecule has 14 nitrogen and oxygen atoms in total. The first-order valence-corrected chi connectivity index (χ1v) is 25.9. The second kappa shape index (κ2) is 17.7. The number of sulfonamides is 1. The summed E-state index contributed by atoms with van der Waals surface area (Å²) in [6, 6.07) is 18.5. The maximum Gasteiger partial charge on any atom is 0.288 e. The highest BCUT2D eigenvalue weighted by Gasteiger charge is 2.50. The Morgan fingerprint density at radius 1 is 1.06 bits per heavy atom. The first-order chi connectivity index (χ1) is 32.1. The molecule has 2 saturated heterocycles. The number of ether oxygens (including phenoxy) is 2. The fourth-order valence-electron chi connectivity index (χ4n) is 11.4. The standard InChI is InChI=1S/C50H57FN6O8S2/c1-30(2)36-7-4-5-8-37(36)41-9-6-18-56(41)33-25-50(26-33)16-19-55(20-17-50)32-10-11-38(43(21-32)65-34-22-39-40(51)28-53-47(39)52-27-34)48(58)54-67(62,63)35-23-42(57(60)61)46-44(24-35)64-29-45(66-46)31-12-14-49(3,59)15-13-31/h4-5,7-8,10-11,21-24,27-28,30-31,33,41,45,59H,6,9,12-20,25-26,29H2,1-3H3,(H,52,53)(H,54,58)/t31?,41-,45-,49?/m1/s1. The fraction of sp³-hybridized carbons (Fsp3) is 0.480. The van der Waals surface area contributed by atoms with Crippen LogP contribution in [-0.4, -0.2) is 82.4 Å². The SMILES string of the molecule is CC(C)c1ccccc1[C@H]1CCCN1C1CC2(CCN(c3ccc(C(=O)NS(=O)(=O)c4cc5c(c([N+](=O)[O-])c4)S[C@@H](C4CCC(C)(O)CC4)CO5)c(Oc4cnc5[nH]cc(F)c5c4)c3)CC2)C1. The Morgan fingerprint density at radius 2 is 1.82 bits per heavy atom. The summed E-state index contributed by atoms with van der Waals surface area (Å²) in [6.07, 6.45) is 12.0. The molecule has 1 spiro atoms. The summed E-state index contributed by atoms with van der Waals surface area (Å²) in [7, 11) is -4.69. The maximum absolute atomic E-state index is 14.7. The third-order valence-electron chi connectivity index (χ3n) is 15.2. The molecule has 0 bridgehead atoms. The summed E-state index contributed by atoms with van der Waals surface area (Å²) in [5.41, 5.74) is 2.97. The molecule has 10 rings (SSSR count). The van der Waals surface area contributed by atoms with Gasteiger partial charge in [-0.05, 0) is 124 Å². The smallest absolute Gasteiger partial charge is 0.288 e. The van der Waals surface area contributed by atoms with Crippen LogP contribution in [0.1, 0.15) is 118 Å². The summed E-state index contributed by atoms with van der Waals surface area (Å²) in [5, 5.41) is 22.9. The van der Waals surface area contributed by atoms with Gasteiger partial charge in [0.05, 0.1) is 32.6 Å². The van der Waals surface area contributed by atoms with Crippen LogP contribution in [0.5, 0.6) is 17.2 Å². The lowest BCUT2D eigenvalue weighted by Crippen LogP contribution is -2.54. The van der Waals surface area contributed by atoms with Crippen molar-refractivity contribution in [3.8, 4) is 17.2 Å². The molecule has 354 valence electrons. The second-order valence-corrected chi connectivity index (χ2v) is 22.9. The van der Waals surface area contributed by atoms with Crippen molar-refractivity contribution in [2.24, 2.45) is 11.3 Å². The molecule has 1 amide bonds. The monoisotopic (exact) mass is 952 g/mol. The van der Waals surface area contributed by atoms with Crippen molar-refractivity contribution >= 4 is 50.1 Å². The molecule has 0 unspecified atom stereocenters. The summed E-state index contributed by atoms with van der Waals surface area (Å²) < 4.78 is 57.0. The second-order valence-electron chi connectivity index (χ2n) is 20.0. The van der Waals surface area contributed by atoms with Gasteiger partial charge in [0.2, 0.25) is 0 Å². The average molecular weight is 953 g/mol. The van der Waals surface area contributed by atoms with Crippen LogP contribution < -0.4 is 19.1 Å². The number of carbonyl (C=O) groups excluding carboxylic acids is 1. The van der Waals surface area contributed by atoms with Gasteiger partial charge in [-0.3, -0.25) is 19.8 Å². The summed E-state index contributed by atoms with van der Waals surface area (Å²) in [5.74, 6) is -0.715. The number of anilines is 1. The first-order valence-electron chi connectivity index (χ1n) is 23.5. The van der Waals surface area contributed by atoms with Crippen molar-refractivity contribution < 1.29 is 37.1 Å². The van der Waals surface area contributed by atoms with Crippen molar-refractivity contribution in [2.75, 3.05) is 31.1 Å². The highest BCUT2D eigenvalue weighted by Crippen LogP contribution is 2.55. The van der Waals surface area contributed by atoms with E-state index in [1.54, 1.807) is 12.1 Å². The first kappa shape index (κ1) is 45.5. The number of piperidine rings is 1. The number of nitro groups is 1. The van der Waals surface area contributed by atoms with E-state index in [2.05, 4.69) is 62.6 Å². The Labute approximate surface area is 394 Å². The fourth-order valence-corrected chi connectivity index (χ4v) is 13.8. The Kier molecular flexibility index (Phi) is 12.0. The highest BCUT2D eigenvalue weighted by molar-refractivity contribution is 8.00. The van der Waals surface area contributed by atoms with Crippen molar-refractivity contribution in [3.05, 3.63) is 106 Å². The van der Waals surface area contributed by atoms with Crippen LogP contribution in [0.25, 0.3) is 11.0 Å². The Balaban J connectivity index is 0.863. The number of rotatable bonds is 11. The number of aromatic nitrogens is 2. The van der Waals surface area contributed by atoms with E-state index in [9.17, 15) is 32.8 Å². The highest BCUT2D eigenvalue weighted by atomic mass is 32.2. The lowest BCUT2D eigenvalue weighted by Gasteiger charge is -2.56. The Bertz CT molecular complexity index is 2830. The zero-order valence-corrected chi connectivity index (χ0v) is 39.6. The van der Waals surface area contributed by atoms with E-state index in [4.69, 9.17) is 9.47 Å². The summed E-state index contributed by atoms with van der Waals surface area (Å²) in [6.45, 7) is 9.27. The van der Waals surface area contributed by atoms with Gasteiger partial charge in [-0.1, -0.05) is 38.1 Å². The van der Waals surface area contributed by atoms with Gasteiger partial charge in [0.15, 0.2) is 0 Å². The third kappa shape index (κ3) is 8.99. The van der Waals surface area contributed by atoms with Gasteiger partial charge in [-0.15, -0.1) is 11.8 Å². The van der Waals surface area contributed by atoms with Crippen LogP contribution in [0, 0.1) is 27.3 Å². The number of thioether (sulfide) groups is 1. The normalized spacial score (nSPS) is 24.3. The van der Waals surface area contributed by atoms with Crippen molar-refractivity contribution in [3.63, 3.8) is 0 Å². The largest absolute Gasteiger partial charge is 0.491 e. The van der Waals surface area contributed by atoms with Crippen molar-refractivity contribution in [1.82, 2.24) is 19.6 Å². The molecular weight excluding hydrogens is 896 g/mol. The minimum absolute atomic E-state index is 0.0273. The molecular formula is C50H57FN6O8S2. The molecule has 5 aliphatic rings. The number of pyridine rings is 1. The van der Waals surface area contributed by atoms with Crippen LogP contribution in [0.2, 0.25) is 0 Å². The van der Waals surface area contributed by atoms with E-state index in [0.717, 1.165) is 57.1 Å². The van der Waals surface area contributed by atoms with Gasteiger partial charge in [0.1, 0.15) is 40.2 Å². The van der Waals surface area contributed by atoms with Gasteiger partial charge in [0.25, 0.3) is 21.6 Å². The van der Waals surface area contributed by atoms with Crippen LogP contribution >= 0.6 is 11.8 Å². The van der Waals surface area contributed by atoms with E-state index in [0.29, 0.717) is 36.5 Å². The molecule has 4 fully saturated rings. The molecule has 2 saturated carbocycles. The van der Waals surface area contributed by atoms with Gasteiger partial charge in [-0.2, -0.15) is 0 Å². The number of fused-ring (bicyclic) bond motifs is 2. The number of H-pyrrole nitrogens is 1. The van der Waals surface area contributed by atoms with Crippen LogP contribution in [-0.2, 0) is 10.0 Å². The van der Waals surface area contributed by atoms with E-state index in [1.165, 1.54) is 79.2 Å². The molecule has 0 radical (unpaired) electrons. The summed E-state index contributed by atoms with van der Waals surface area (Å²) in [4.78, 5) is 37.6. The van der Waals surface area contributed by atoms with Gasteiger partial charge in [-0.25, -0.2) is 22.5 Å². The number of nitrogens with one attached hydrogen (secondary N) is 2. The van der Waals surface area contributed by atoms with E-state index < -0.39 is 42.9 Å². The zero-order chi connectivity index (χ0) is 46.8. The number of aromatic amines is 1. The quantitative estimate of drug-likeness (QED) is 0.0844. The molecule has 2 aliphatic carbocycles. The Morgan fingerprint density at radius 3 is 2.57 bits per heavy atom. The number of carbonyl (C=O) groups is 1. The van der Waals surface area contributed by atoms with Crippen molar-refractivity contribution in [1.29, 1.82) is 0 Å². The third-order valence-corrected chi connectivity index (χ3v) is 18.0. The van der Waals surface area contributed by atoms with Gasteiger partial charge >= 0.3 is 0 Å². The Hall–Kier alpha value is -5.23. The van der Waals surface area contributed by atoms with E-state index in [-0.39, 0.29) is 56.3 Å². The number of hydrogen-bond donors (Lipinski definition) is 3. The lowest BCUT2D eigenvalue weighted by molar-refractivity contribution is -0.388. The number of halogens is 1.